The van der Waals surface area contributed by atoms with E-state index >= 15 is 0 Å². The van der Waals surface area contributed by atoms with E-state index in [2.05, 4.69) is 32.6 Å². The Morgan fingerprint density at radius 2 is 1.71 bits per heavy atom. The van der Waals surface area contributed by atoms with Crippen molar-refractivity contribution in [2.75, 3.05) is 13.1 Å². The van der Waals surface area contributed by atoms with Gasteiger partial charge >= 0.3 is 0 Å². The normalized spacial score (nSPS) is 19.8. The second kappa shape index (κ2) is 7.38. The van der Waals surface area contributed by atoms with E-state index in [0.717, 1.165) is 18.5 Å². The van der Waals surface area contributed by atoms with Gasteiger partial charge in [0.1, 0.15) is 0 Å². The summed E-state index contributed by atoms with van der Waals surface area (Å²) in [6, 6.07) is 1.39. The average molecular weight is 240 g/mol. The third-order valence-electron chi connectivity index (χ3n) is 4.20. The molecule has 0 amide bonds. The van der Waals surface area contributed by atoms with E-state index in [-0.39, 0.29) is 0 Å². The molecule has 0 radical (unpaired) electrons. The topological polar surface area (TPSA) is 29.3 Å². The number of nitrogens with two attached hydrogens (primary N) is 1. The highest BCUT2D eigenvalue weighted by atomic mass is 15.2. The first-order valence-corrected chi connectivity index (χ1v) is 7.52. The highest BCUT2D eigenvalue weighted by molar-refractivity contribution is 4.85. The van der Waals surface area contributed by atoms with Gasteiger partial charge in [-0.25, -0.2) is 0 Å². The van der Waals surface area contributed by atoms with Crippen LogP contribution < -0.4 is 5.73 Å². The summed E-state index contributed by atoms with van der Waals surface area (Å²) in [4.78, 5) is 2.73. The van der Waals surface area contributed by atoms with E-state index in [1.165, 1.54) is 38.6 Å². The first-order chi connectivity index (χ1) is 8.06. The highest BCUT2D eigenvalue weighted by Gasteiger charge is 2.29. The smallest absolute Gasteiger partial charge is 0.0244 e. The molecule has 0 aliphatic heterocycles. The molecular formula is C15H32N2. The molecule has 102 valence electrons. The van der Waals surface area contributed by atoms with Gasteiger partial charge in [-0.05, 0) is 37.6 Å². The van der Waals surface area contributed by atoms with Crippen molar-refractivity contribution in [3.8, 4) is 0 Å². The Bertz CT molecular complexity index is 195. The van der Waals surface area contributed by atoms with Gasteiger partial charge in [-0.3, -0.25) is 4.90 Å². The predicted molar refractivity (Wildman–Crippen MR) is 76.1 cm³/mol. The summed E-state index contributed by atoms with van der Waals surface area (Å²) >= 11 is 0. The third-order valence-corrected chi connectivity index (χ3v) is 4.20. The summed E-state index contributed by atoms with van der Waals surface area (Å²) in [5.41, 5.74) is 6.01. The molecule has 0 aromatic rings. The molecule has 1 aliphatic carbocycles. The Labute approximate surface area is 108 Å². The number of rotatable bonds is 7. The molecule has 1 atom stereocenters. The molecule has 2 N–H and O–H groups in total. The molecule has 0 bridgehead atoms. The van der Waals surface area contributed by atoms with Crippen LogP contribution in [0.5, 0.6) is 0 Å². The van der Waals surface area contributed by atoms with E-state index < -0.39 is 0 Å². The summed E-state index contributed by atoms with van der Waals surface area (Å²) in [6.07, 6.45) is 6.92. The molecule has 0 heterocycles. The van der Waals surface area contributed by atoms with E-state index in [9.17, 15) is 0 Å². The Morgan fingerprint density at radius 3 is 2.12 bits per heavy atom. The van der Waals surface area contributed by atoms with Crippen LogP contribution in [0.3, 0.4) is 0 Å². The van der Waals surface area contributed by atoms with Gasteiger partial charge in [0, 0.05) is 18.6 Å². The lowest BCUT2D eigenvalue weighted by atomic mass is 9.98. The van der Waals surface area contributed by atoms with Crippen molar-refractivity contribution in [1.82, 2.24) is 4.90 Å². The SMILES string of the molecule is CC(C)CCN(C1CCCC1)C(CN)C(C)C. The Kier molecular flexibility index (Phi) is 6.50. The Morgan fingerprint density at radius 1 is 1.12 bits per heavy atom. The van der Waals surface area contributed by atoms with Gasteiger partial charge in [0.15, 0.2) is 0 Å². The minimum atomic E-state index is 0.580. The van der Waals surface area contributed by atoms with Crippen molar-refractivity contribution in [3.63, 3.8) is 0 Å². The standard InChI is InChI=1S/C15H32N2/c1-12(2)9-10-17(14-7-5-6-8-14)15(11-16)13(3)4/h12-15H,5-11,16H2,1-4H3. The van der Waals surface area contributed by atoms with Crippen molar-refractivity contribution < 1.29 is 0 Å². The summed E-state index contributed by atoms with van der Waals surface area (Å²) in [5.74, 6) is 1.47. The summed E-state index contributed by atoms with van der Waals surface area (Å²) in [6.45, 7) is 11.3. The molecule has 0 saturated heterocycles. The van der Waals surface area contributed by atoms with Crippen molar-refractivity contribution in [1.29, 1.82) is 0 Å². The van der Waals surface area contributed by atoms with Crippen LogP contribution >= 0.6 is 0 Å². The van der Waals surface area contributed by atoms with Gasteiger partial charge in [-0.1, -0.05) is 40.5 Å². The lowest BCUT2D eigenvalue weighted by Gasteiger charge is -2.38. The fourth-order valence-corrected chi connectivity index (χ4v) is 3.05. The van der Waals surface area contributed by atoms with Crippen LogP contribution in [0.4, 0.5) is 0 Å². The molecule has 1 aliphatic rings. The van der Waals surface area contributed by atoms with E-state index in [0.29, 0.717) is 12.0 Å². The van der Waals surface area contributed by atoms with Crippen LogP contribution in [0, 0.1) is 11.8 Å². The second-order valence-corrected chi connectivity index (χ2v) is 6.41. The fourth-order valence-electron chi connectivity index (χ4n) is 3.05. The number of hydrogen-bond donors (Lipinski definition) is 1. The molecule has 2 nitrogen and oxygen atoms in total. The first-order valence-electron chi connectivity index (χ1n) is 7.52. The van der Waals surface area contributed by atoms with Gasteiger partial charge in [-0.2, -0.15) is 0 Å². The van der Waals surface area contributed by atoms with Gasteiger partial charge in [0.05, 0.1) is 0 Å². The van der Waals surface area contributed by atoms with Crippen LogP contribution in [-0.2, 0) is 0 Å². The molecular weight excluding hydrogens is 208 g/mol. The largest absolute Gasteiger partial charge is 0.329 e. The summed E-state index contributed by atoms with van der Waals surface area (Å²) in [5, 5.41) is 0. The molecule has 0 aromatic carbocycles. The van der Waals surface area contributed by atoms with Crippen molar-refractivity contribution in [2.24, 2.45) is 17.6 Å². The zero-order chi connectivity index (χ0) is 12.8. The Balaban J connectivity index is 2.62. The van der Waals surface area contributed by atoms with Crippen LogP contribution in [0.25, 0.3) is 0 Å². The molecule has 1 unspecified atom stereocenters. The van der Waals surface area contributed by atoms with Crippen LogP contribution in [0.2, 0.25) is 0 Å². The van der Waals surface area contributed by atoms with Crippen LogP contribution in [-0.4, -0.2) is 30.1 Å². The van der Waals surface area contributed by atoms with Crippen molar-refractivity contribution in [2.45, 2.75) is 71.9 Å². The van der Waals surface area contributed by atoms with Gasteiger partial charge in [-0.15, -0.1) is 0 Å². The van der Waals surface area contributed by atoms with E-state index in [1.807, 2.05) is 0 Å². The van der Waals surface area contributed by atoms with Crippen LogP contribution in [0.1, 0.15) is 59.8 Å². The third kappa shape index (κ3) is 4.59. The van der Waals surface area contributed by atoms with E-state index in [1.54, 1.807) is 0 Å². The number of hydrogen-bond acceptors (Lipinski definition) is 2. The second-order valence-electron chi connectivity index (χ2n) is 6.41. The number of nitrogens with zero attached hydrogens (tertiary/aromatic N) is 1. The lowest BCUT2D eigenvalue weighted by Crippen LogP contribution is -2.49. The maximum atomic E-state index is 6.01. The Hall–Kier alpha value is -0.0800. The van der Waals surface area contributed by atoms with Gasteiger partial charge < -0.3 is 5.73 Å². The van der Waals surface area contributed by atoms with Gasteiger partial charge in [0.2, 0.25) is 0 Å². The summed E-state index contributed by atoms with van der Waals surface area (Å²) in [7, 11) is 0. The maximum Gasteiger partial charge on any atom is 0.0244 e. The molecule has 1 saturated carbocycles. The molecule has 1 rings (SSSR count). The van der Waals surface area contributed by atoms with Crippen LogP contribution in [0.15, 0.2) is 0 Å². The molecule has 17 heavy (non-hydrogen) atoms. The predicted octanol–water partition coefficient (Wildman–Crippen LogP) is 3.26. The van der Waals surface area contributed by atoms with Crippen molar-refractivity contribution in [3.05, 3.63) is 0 Å². The summed E-state index contributed by atoms with van der Waals surface area (Å²) < 4.78 is 0. The molecule has 0 spiro atoms. The maximum absolute atomic E-state index is 6.01. The zero-order valence-corrected chi connectivity index (χ0v) is 12.3. The zero-order valence-electron chi connectivity index (χ0n) is 12.3. The van der Waals surface area contributed by atoms with E-state index in [4.69, 9.17) is 5.73 Å². The molecule has 0 aromatic heterocycles. The minimum absolute atomic E-state index is 0.580. The molecule has 1 fully saturated rings. The quantitative estimate of drug-likeness (QED) is 0.740. The first kappa shape index (κ1) is 15.0. The van der Waals surface area contributed by atoms with Gasteiger partial charge in [0.25, 0.3) is 0 Å². The highest BCUT2D eigenvalue weighted by Crippen LogP contribution is 2.27. The average Bonchev–Trinajstić information content (AvgIpc) is 2.76. The minimum Gasteiger partial charge on any atom is -0.329 e. The van der Waals surface area contributed by atoms with Crippen molar-refractivity contribution >= 4 is 0 Å². The lowest BCUT2D eigenvalue weighted by molar-refractivity contribution is 0.101. The fraction of sp³-hybridized carbons (Fsp3) is 1.00. The molecule has 2 heteroatoms. The monoisotopic (exact) mass is 240 g/mol.